The molecule has 0 saturated carbocycles. The number of halogens is 1. The molecule has 0 aliphatic carbocycles. The second kappa shape index (κ2) is 13.7. The number of hydrogen-bond acceptors (Lipinski definition) is 8. The van der Waals surface area contributed by atoms with Crippen molar-refractivity contribution in [2.45, 2.75) is 58.9 Å². The Balaban J connectivity index is 1.33. The van der Waals surface area contributed by atoms with Gasteiger partial charge in [-0.1, -0.05) is 44.0 Å². The fraction of sp³-hybridized carbons (Fsp3) is 0.500. The molecule has 3 aromatic rings. The van der Waals surface area contributed by atoms with Gasteiger partial charge in [-0.2, -0.15) is 4.98 Å². The molecular formula is C32H44ClN6O2P. The molecule has 226 valence electrons. The van der Waals surface area contributed by atoms with Crippen molar-refractivity contribution in [2.24, 2.45) is 0 Å². The number of aromatic nitrogens is 2. The summed E-state index contributed by atoms with van der Waals surface area (Å²) in [7, 11) is -0.832. The van der Waals surface area contributed by atoms with Gasteiger partial charge in [-0.25, -0.2) is 4.98 Å². The van der Waals surface area contributed by atoms with Gasteiger partial charge in [-0.05, 0) is 69.5 Å². The van der Waals surface area contributed by atoms with Crippen LogP contribution in [0, 0.1) is 6.92 Å². The van der Waals surface area contributed by atoms with Gasteiger partial charge in [0, 0.05) is 48.5 Å². The van der Waals surface area contributed by atoms with Crippen LogP contribution in [0.3, 0.4) is 0 Å². The summed E-state index contributed by atoms with van der Waals surface area (Å²) in [6, 6.07) is 12.6. The zero-order chi connectivity index (χ0) is 29.7. The summed E-state index contributed by atoms with van der Waals surface area (Å²) in [4.78, 5) is 14.3. The smallest absolute Gasteiger partial charge is 0.229 e. The van der Waals surface area contributed by atoms with E-state index in [1.54, 1.807) is 13.3 Å². The van der Waals surface area contributed by atoms with Crippen LogP contribution in [0.1, 0.15) is 51.5 Å². The predicted octanol–water partition coefficient (Wildman–Crippen LogP) is 7.42. The number of nitrogens with zero attached hydrogens (tertiary/aromatic N) is 4. The molecule has 3 heterocycles. The van der Waals surface area contributed by atoms with Gasteiger partial charge in [0.1, 0.15) is 17.9 Å². The third kappa shape index (κ3) is 6.72. The van der Waals surface area contributed by atoms with Crippen LogP contribution in [0.15, 0.2) is 42.6 Å². The van der Waals surface area contributed by atoms with E-state index < -0.39 is 7.14 Å². The lowest BCUT2D eigenvalue weighted by Gasteiger charge is -2.41. The van der Waals surface area contributed by atoms with Crippen molar-refractivity contribution >= 4 is 52.9 Å². The zero-order valence-corrected chi connectivity index (χ0v) is 27.0. The molecule has 2 aromatic carbocycles. The van der Waals surface area contributed by atoms with Crippen molar-refractivity contribution in [1.82, 2.24) is 14.9 Å². The highest BCUT2D eigenvalue weighted by atomic mass is 35.5. The molecule has 8 nitrogen and oxygen atoms in total. The summed E-state index contributed by atoms with van der Waals surface area (Å²) in [5, 5.41) is 7.85. The molecule has 0 atom stereocenters. The highest BCUT2D eigenvalue weighted by molar-refractivity contribution is 7.71. The molecule has 2 fully saturated rings. The van der Waals surface area contributed by atoms with Crippen LogP contribution in [-0.2, 0) is 4.57 Å². The van der Waals surface area contributed by atoms with Gasteiger partial charge in [-0.3, -0.25) is 0 Å². The summed E-state index contributed by atoms with van der Waals surface area (Å²) in [6.07, 6.45) is 9.22. The van der Waals surface area contributed by atoms with Crippen molar-refractivity contribution in [3.8, 4) is 5.75 Å². The molecule has 10 heteroatoms. The fourth-order valence-electron chi connectivity index (χ4n) is 6.30. The minimum absolute atomic E-state index is 0.379. The summed E-state index contributed by atoms with van der Waals surface area (Å²) >= 11 is 6.52. The molecule has 0 spiro atoms. The van der Waals surface area contributed by atoms with Crippen LogP contribution in [-0.4, -0.2) is 66.5 Å². The Morgan fingerprint density at radius 1 is 1.00 bits per heavy atom. The van der Waals surface area contributed by atoms with Gasteiger partial charge in [0.25, 0.3) is 0 Å². The molecule has 2 N–H and O–H groups in total. The van der Waals surface area contributed by atoms with Crippen molar-refractivity contribution in [1.29, 1.82) is 0 Å². The maximum atomic E-state index is 13.6. The summed E-state index contributed by atoms with van der Waals surface area (Å²) in [6.45, 7) is 10.7. The van der Waals surface area contributed by atoms with Crippen molar-refractivity contribution < 1.29 is 9.30 Å². The summed E-state index contributed by atoms with van der Waals surface area (Å²) in [5.74, 6) is 1.57. The molecule has 0 radical (unpaired) electrons. The Hall–Kier alpha value is -2.80. The van der Waals surface area contributed by atoms with Crippen LogP contribution in [0.5, 0.6) is 5.75 Å². The van der Waals surface area contributed by atoms with Crippen molar-refractivity contribution in [2.75, 3.05) is 61.1 Å². The molecule has 42 heavy (non-hydrogen) atoms. The molecule has 2 aliphatic rings. The molecule has 2 aliphatic heterocycles. The van der Waals surface area contributed by atoms with E-state index in [0.29, 0.717) is 35.2 Å². The quantitative estimate of drug-likeness (QED) is 0.230. The second-order valence-corrected chi connectivity index (χ2v) is 15.3. The lowest BCUT2D eigenvalue weighted by Crippen LogP contribution is -2.46. The Morgan fingerprint density at radius 2 is 1.71 bits per heavy atom. The van der Waals surface area contributed by atoms with E-state index in [4.69, 9.17) is 16.3 Å². The van der Waals surface area contributed by atoms with E-state index in [9.17, 15) is 4.57 Å². The number of piperidine rings is 2. The first-order valence-corrected chi connectivity index (χ1v) is 17.7. The average Bonchev–Trinajstić information content (AvgIpc) is 3.03. The van der Waals surface area contributed by atoms with Gasteiger partial charge in [0.05, 0.1) is 24.7 Å². The number of likely N-dealkylation sites (tertiary alicyclic amines) is 1. The Kier molecular flexibility index (Phi) is 9.97. The van der Waals surface area contributed by atoms with Gasteiger partial charge in [0.2, 0.25) is 5.95 Å². The molecule has 0 bridgehead atoms. The van der Waals surface area contributed by atoms with Crippen LogP contribution in [0.2, 0.25) is 5.02 Å². The van der Waals surface area contributed by atoms with E-state index in [1.165, 1.54) is 56.4 Å². The van der Waals surface area contributed by atoms with E-state index in [0.717, 1.165) is 35.5 Å². The standard InChI is InChI=1S/C32H44ClN6O2P/c1-5-42(40,6-2)30-13-9-8-12-26(30)35-31-25(33)22-34-32(37-31)36-27-20-23(3)28(21-29(27)41-4)39-18-14-24(15-19-39)38-16-10-7-11-17-38/h8-9,12-13,20-22,24H,5-7,10-11,14-19H2,1-4H3,(H2,34,35,36,37). The van der Waals surface area contributed by atoms with Crippen LogP contribution in [0.4, 0.5) is 28.8 Å². The number of benzene rings is 2. The third-order valence-corrected chi connectivity index (χ3v) is 12.4. The first-order chi connectivity index (χ1) is 20.3. The van der Waals surface area contributed by atoms with E-state index >= 15 is 0 Å². The summed E-state index contributed by atoms with van der Waals surface area (Å²) < 4.78 is 19.4. The minimum atomic E-state index is -2.52. The van der Waals surface area contributed by atoms with Crippen molar-refractivity contribution in [3.05, 3.63) is 53.2 Å². The molecule has 0 amide bonds. The normalized spacial score (nSPS) is 16.8. The van der Waals surface area contributed by atoms with E-state index in [-0.39, 0.29) is 0 Å². The Bertz CT molecular complexity index is 1410. The SMILES string of the molecule is CCP(=O)(CC)c1ccccc1Nc1nc(Nc2cc(C)c(N3CCC(N4CCCCC4)CC3)cc2OC)ncc1Cl. The third-order valence-electron chi connectivity index (χ3n) is 8.84. The molecule has 5 rings (SSSR count). The zero-order valence-electron chi connectivity index (χ0n) is 25.3. The van der Waals surface area contributed by atoms with Gasteiger partial charge >= 0.3 is 0 Å². The first kappa shape index (κ1) is 30.7. The molecule has 0 unspecified atom stereocenters. The van der Waals surface area contributed by atoms with Gasteiger partial charge in [-0.15, -0.1) is 0 Å². The number of anilines is 5. The lowest BCUT2D eigenvalue weighted by atomic mass is 9.98. The monoisotopic (exact) mass is 610 g/mol. The first-order valence-electron chi connectivity index (χ1n) is 15.3. The largest absolute Gasteiger partial charge is 0.494 e. The van der Waals surface area contributed by atoms with Crippen LogP contribution >= 0.6 is 18.7 Å². The molecule has 2 saturated heterocycles. The minimum Gasteiger partial charge on any atom is -0.494 e. The number of methoxy groups -OCH3 is 1. The molecule has 1 aromatic heterocycles. The molecular weight excluding hydrogens is 567 g/mol. The number of rotatable bonds is 10. The maximum Gasteiger partial charge on any atom is 0.229 e. The highest BCUT2D eigenvalue weighted by Crippen LogP contribution is 2.46. The number of ether oxygens (including phenoxy) is 1. The number of nitrogens with one attached hydrogen (secondary N) is 2. The Labute approximate surface area is 255 Å². The van der Waals surface area contributed by atoms with Crippen LogP contribution in [0.25, 0.3) is 0 Å². The van der Waals surface area contributed by atoms with Gasteiger partial charge in [0.15, 0.2) is 5.82 Å². The summed E-state index contributed by atoms with van der Waals surface area (Å²) in [5.41, 5.74) is 3.92. The van der Waals surface area contributed by atoms with Gasteiger partial charge < -0.3 is 29.7 Å². The predicted molar refractivity (Wildman–Crippen MR) is 177 cm³/mol. The maximum absolute atomic E-state index is 13.6. The Morgan fingerprint density at radius 3 is 2.40 bits per heavy atom. The number of para-hydroxylation sites is 1. The lowest BCUT2D eigenvalue weighted by molar-refractivity contribution is 0.141. The topological polar surface area (TPSA) is 82.6 Å². The number of aryl methyl sites for hydroxylation is 1. The van der Waals surface area contributed by atoms with E-state index in [2.05, 4.69) is 49.5 Å². The van der Waals surface area contributed by atoms with E-state index in [1.807, 2.05) is 38.1 Å². The van der Waals surface area contributed by atoms with Crippen LogP contribution < -0.4 is 25.6 Å². The average molecular weight is 611 g/mol. The fourth-order valence-corrected chi connectivity index (χ4v) is 8.50. The number of hydrogen-bond donors (Lipinski definition) is 2. The van der Waals surface area contributed by atoms with Crippen molar-refractivity contribution in [3.63, 3.8) is 0 Å². The highest BCUT2D eigenvalue weighted by Gasteiger charge is 2.27. The second-order valence-electron chi connectivity index (χ2n) is 11.3.